The van der Waals surface area contributed by atoms with Crippen molar-refractivity contribution in [3.63, 3.8) is 0 Å². The Balaban J connectivity index is 2.13. The van der Waals surface area contributed by atoms with Gasteiger partial charge in [-0.25, -0.2) is 0 Å². The molecule has 102 valence electrons. The molecule has 1 saturated carbocycles. The van der Waals surface area contributed by atoms with E-state index in [1.807, 2.05) is 0 Å². The first-order valence-electron chi connectivity index (χ1n) is 5.31. The maximum Gasteiger partial charge on any atom is 0.449 e. The summed E-state index contributed by atoms with van der Waals surface area (Å²) in [4.78, 5) is 0. The monoisotopic (exact) mass is 272 g/mol. The van der Waals surface area contributed by atoms with Crippen molar-refractivity contribution in [1.82, 2.24) is 0 Å². The molecular weight excluding hydrogens is 263 g/mol. The second-order valence-corrected chi connectivity index (χ2v) is 4.97. The Hall–Kier alpha value is -0.730. The van der Waals surface area contributed by atoms with E-state index < -0.39 is 41.4 Å². The Kier molecular flexibility index (Phi) is 1.97. The number of rotatable bonds is 0. The fourth-order valence-corrected chi connectivity index (χ4v) is 3.18. The number of fused-ring (bicyclic) bond motifs is 5. The number of hydrogen-bond acceptors (Lipinski definition) is 3. The van der Waals surface area contributed by atoms with Gasteiger partial charge in [-0.05, 0) is 6.42 Å². The summed E-state index contributed by atoms with van der Waals surface area (Å²) in [6, 6.07) is 0. The molecule has 8 heteroatoms. The molecule has 5 atom stereocenters. The van der Waals surface area contributed by atoms with Crippen molar-refractivity contribution >= 4 is 0 Å². The maximum absolute atomic E-state index is 13.9. The second-order valence-electron chi connectivity index (χ2n) is 4.97. The summed E-state index contributed by atoms with van der Waals surface area (Å²) < 4.78 is 69.8. The van der Waals surface area contributed by atoms with Gasteiger partial charge in [0.25, 0.3) is 0 Å². The first-order chi connectivity index (χ1) is 8.06. The van der Waals surface area contributed by atoms with E-state index in [-0.39, 0.29) is 6.42 Å². The van der Waals surface area contributed by atoms with Gasteiger partial charge in [-0.2, -0.15) is 22.0 Å². The summed E-state index contributed by atoms with van der Waals surface area (Å²) >= 11 is 0. The molecule has 1 heterocycles. The minimum Gasteiger partial charge on any atom is -0.380 e. The van der Waals surface area contributed by atoms with Crippen LogP contribution in [-0.2, 0) is 4.74 Å². The van der Waals surface area contributed by atoms with Gasteiger partial charge in [0.2, 0.25) is 0 Å². The van der Waals surface area contributed by atoms with Crippen LogP contribution in [0.3, 0.4) is 0 Å². The summed E-state index contributed by atoms with van der Waals surface area (Å²) in [7, 11) is 0. The summed E-state index contributed by atoms with van der Waals surface area (Å²) in [6.07, 6.45) is -4.64. The van der Waals surface area contributed by atoms with Crippen LogP contribution in [0.2, 0.25) is 0 Å². The van der Waals surface area contributed by atoms with Gasteiger partial charge in [0.1, 0.15) is 6.10 Å². The molecule has 18 heavy (non-hydrogen) atoms. The van der Waals surface area contributed by atoms with Crippen LogP contribution in [-0.4, -0.2) is 39.8 Å². The standard InChI is InChI=1S/C10H9F5O3/c11-8(12)7(16)5-2-1-4(3-5)6(7)18-9(8,17)10(13,14)15/h1-2,4-6,16-17H,3H2. The lowest BCUT2D eigenvalue weighted by molar-refractivity contribution is -0.415. The van der Waals surface area contributed by atoms with Gasteiger partial charge in [0.05, 0.1) is 0 Å². The van der Waals surface area contributed by atoms with Gasteiger partial charge >= 0.3 is 17.9 Å². The van der Waals surface area contributed by atoms with Gasteiger partial charge in [-0.1, -0.05) is 12.2 Å². The molecule has 2 bridgehead atoms. The van der Waals surface area contributed by atoms with E-state index in [0.29, 0.717) is 0 Å². The largest absolute Gasteiger partial charge is 0.449 e. The van der Waals surface area contributed by atoms with Crippen molar-refractivity contribution in [1.29, 1.82) is 0 Å². The van der Waals surface area contributed by atoms with Crippen molar-refractivity contribution < 1.29 is 36.9 Å². The first kappa shape index (κ1) is 12.3. The van der Waals surface area contributed by atoms with Crippen LogP contribution in [0.5, 0.6) is 0 Å². The molecule has 5 unspecified atom stereocenters. The molecule has 3 aliphatic rings. The van der Waals surface area contributed by atoms with Crippen LogP contribution in [0.1, 0.15) is 6.42 Å². The Morgan fingerprint density at radius 3 is 2.28 bits per heavy atom. The number of hydrogen-bond donors (Lipinski definition) is 2. The number of aliphatic hydroxyl groups is 2. The van der Waals surface area contributed by atoms with Gasteiger partial charge in [-0.3, -0.25) is 0 Å². The Morgan fingerprint density at radius 2 is 1.78 bits per heavy atom. The predicted molar refractivity (Wildman–Crippen MR) is 46.5 cm³/mol. The molecule has 0 spiro atoms. The van der Waals surface area contributed by atoms with E-state index >= 15 is 0 Å². The van der Waals surface area contributed by atoms with Gasteiger partial charge < -0.3 is 14.9 Å². The maximum atomic E-state index is 13.9. The van der Waals surface area contributed by atoms with E-state index in [2.05, 4.69) is 4.74 Å². The minimum absolute atomic E-state index is 0.102. The highest BCUT2D eigenvalue weighted by molar-refractivity contribution is 5.31. The average Bonchev–Trinajstić information content (AvgIpc) is 2.82. The van der Waals surface area contributed by atoms with Crippen LogP contribution in [0.15, 0.2) is 12.2 Å². The van der Waals surface area contributed by atoms with Crippen LogP contribution < -0.4 is 0 Å². The van der Waals surface area contributed by atoms with E-state index in [1.165, 1.54) is 12.2 Å². The van der Waals surface area contributed by atoms with E-state index in [0.717, 1.165) is 0 Å². The zero-order valence-electron chi connectivity index (χ0n) is 8.79. The third-order valence-corrected chi connectivity index (χ3v) is 4.11. The third-order valence-electron chi connectivity index (χ3n) is 4.11. The molecule has 2 aliphatic carbocycles. The van der Waals surface area contributed by atoms with Crippen LogP contribution in [0.4, 0.5) is 22.0 Å². The number of alkyl halides is 5. The average molecular weight is 272 g/mol. The van der Waals surface area contributed by atoms with Crippen molar-refractivity contribution in [2.24, 2.45) is 11.8 Å². The van der Waals surface area contributed by atoms with Crippen LogP contribution in [0, 0.1) is 11.8 Å². The van der Waals surface area contributed by atoms with Crippen LogP contribution >= 0.6 is 0 Å². The number of halogens is 5. The highest BCUT2D eigenvalue weighted by Crippen LogP contribution is 2.65. The molecule has 0 amide bonds. The quantitative estimate of drug-likeness (QED) is 0.515. The lowest BCUT2D eigenvalue weighted by atomic mass is 9.80. The van der Waals surface area contributed by atoms with Crippen LogP contribution in [0.25, 0.3) is 0 Å². The molecule has 1 saturated heterocycles. The molecule has 2 N–H and O–H groups in total. The zero-order valence-corrected chi connectivity index (χ0v) is 8.79. The third kappa shape index (κ3) is 0.982. The lowest BCUT2D eigenvalue weighted by Crippen LogP contribution is -2.65. The minimum atomic E-state index is -5.68. The van der Waals surface area contributed by atoms with Crippen molar-refractivity contribution in [3.8, 4) is 0 Å². The van der Waals surface area contributed by atoms with E-state index in [1.54, 1.807) is 0 Å². The Bertz CT molecular complexity index is 434. The Labute approximate surface area is 97.8 Å². The molecular formula is C10H9F5O3. The van der Waals surface area contributed by atoms with Crippen molar-refractivity contribution in [2.75, 3.05) is 0 Å². The summed E-state index contributed by atoms with van der Waals surface area (Å²) in [5, 5.41) is 19.2. The SMILES string of the molecule is OC12C3C=CC(C3)C1OC(O)(C(F)(F)F)C2(F)F. The summed E-state index contributed by atoms with van der Waals surface area (Å²) in [5.41, 5.74) is -3.00. The molecule has 0 aromatic carbocycles. The van der Waals surface area contributed by atoms with Crippen molar-refractivity contribution in [2.45, 2.75) is 36.0 Å². The fraction of sp³-hybridized carbons (Fsp3) is 0.800. The summed E-state index contributed by atoms with van der Waals surface area (Å²) in [5.74, 6) is -11.3. The first-order valence-corrected chi connectivity index (χ1v) is 5.31. The van der Waals surface area contributed by atoms with Gasteiger partial charge in [0, 0.05) is 11.8 Å². The summed E-state index contributed by atoms with van der Waals surface area (Å²) in [6.45, 7) is 0. The molecule has 0 radical (unpaired) electrons. The zero-order chi connectivity index (χ0) is 13.6. The Morgan fingerprint density at radius 1 is 1.17 bits per heavy atom. The molecule has 0 aromatic heterocycles. The topological polar surface area (TPSA) is 49.7 Å². The smallest absolute Gasteiger partial charge is 0.380 e. The number of ether oxygens (including phenoxy) is 1. The van der Waals surface area contributed by atoms with E-state index in [4.69, 9.17) is 0 Å². The molecule has 2 fully saturated rings. The van der Waals surface area contributed by atoms with Crippen molar-refractivity contribution in [3.05, 3.63) is 12.2 Å². The molecule has 3 nitrogen and oxygen atoms in total. The highest BCUT2D eigenvalue weighted by Gasteiger charge is 2.88. The molecule has 1 aliphatic heterocycles. The fourth-order valence-electron chi connectivity index (χ4n) is 3.18. The predicted octanol–water partition coefficient (Wildman–Crippen LogP) is 1.21. The normalized spacial score (nSPS) is 52.9. The van der Waals surface area contributed by atoms with Gasteiger partial charge in [0.15, 0.2) is 5.60 Å². The molecule has 3 rings (SSSR count). The van der Waals surface area contributed by atoms with E-state index in [9.17, 15) is 32.2 Å². The molecule has 0 aromatic rings. The lowest BCUT2D eigenvalue weighted by Gasteiger charge is -2.37. The van der Waals surface area contributed by atoms with Gasteiger partial charge in [-0.15, -0.1) is 0 Å². The highest BCUT2D eigenvalue weighted by atomic mass is 19.4. The second kappa shape index (κ2) is 2.88.